The second-order valence-electron chi connectivity index (χ2n) is 3.65. The van der Waals surface area contributed by atoms with E-state index in [9.17, 15) is 10.2 Å². The molecule has 0 bridgehead atoms. The van der Waals surface area contributed by atoms with Crippen LogP contribution in [0.15, 0.2) is 21.7 Å². The van der Waals surface area contributed by atoms with Crippen LogP contribution in [0.5, 0.6) is 11.5 Å². The van der Waals surface area contributed by atoms with E-state index in [0.717, 1.165) is 0 Å². The molecule has 2 atom stereocenters. The molecule has 0 amide bonds. The SMILES string of the molecule is [N-]=[N+]=NCC(O)C(O)c1cc2c(cc1Br)OCO2. The zero-order valence-corrected chi connectivity index (χ0v) is 10.7. The summed E-state index contributed by atoms with van der Waals surface area (Å²) in [5.74, 6) is 1.07. The van der Waals surface area contributed by atoms with Gasteiger partial charge in [-0.2, -0.15) is 0 Å². The Bertz CT molecular complexity index is 504. The summed E-state index contributed by atoms with van der Waals surface area (Å²) >= 11 is 3.28. The number of azide groups is 1. The van der Waals surface area contributed by atoms with Gasteiger partial charge in [-0.15, -0.1) is 0 Å². The normalized spacial score (nSPS) is 15.9. The minimum atomic E-state index is -1.18. The van der Waals surface area contributed by atoms with Crippen molar-refractivity contribution in [2.24, 2.45) is 5.11 Å². The van der Waals surface area contributed by atoms with Gasteiger partial charge in [0.05, 0.1) is 12.6 Å². The summed E-state index contributed by atoms with van der Waals surface area (Å²) in [6.07, 6.45) is -2.36. The molecule has 0 fully saturated rings. The van der Waals surface area contributed by atoms with Gasteiger partial charge in [0, 0.05) is 14.9 Å². The molecule has 8 heteroatoms. The molecule has 2 N–H and O–H groups in total. The maximum absolute atomic E-state index is 9.97. The van der Waals surface area contributed by atoms with E-state index in [1.54, 1.807) is 12.1 Å². The Kier molecular flexibility index (Phi) is 3.93. The lowest BCUT2D eigenvalue weighted by Crippen LogP contribution is -2.21. The lowest BCUT2D eigenvalue weighted by molar-refractivity contribution is 0.0239. The Morgan fingerprint density at radius 3 is 2.72 bits per heavy atom. The van der Waals surface area contributed by atoms with Crippen molar-refractivity contribution in [2.45, 2.75) is 12.2 Å². The molecule has 0 aliphatic carbocycles. The molecule has 0 saturated heterocycles. The number of benzene rings is 1. The minimum Gasteiger partial charge on any atom is -0.454 e. The van der Waals surface area contributed by atoms with Crippen molar-refractivity contribution >= 4 is 15.9 Å². The molecule has 1 aliphatic rings. The molecule has 18 heavy (non-hydrogen) atoms. The molecule has 2 rings (SSSR count). The van der Waals surface area contributed by atoms with Gasteiger partial charge in [-0.05, 0) is 17.7 Å². The Morgan fingerprint density at radius 1 is 1.39 bits per heavy atom. The van der Waals surface area contributed by atoms with Crippen LogP contribution in [0.4, 0.5) is 0 Å². The quantitative estimate of drug-likeness (QED) is 0.502. The second-order valence-corrected chi connectivity index (χ2v) is 4.51. The monoisotopic (exact) mass is 315 g/mol. The zero-order valence-electron chi connectivity index (χ0n) is 9.15. The molecule has 1 heterocycles. The van der Waals surface area contributed by atoms with Crippen LogP contribution in [0.1, 0.15) is 11.7 Å². The summed E-state index contributed by atoms with van der Waals surface area (Å²) < 4.78 is 10.9. The summed E-state index contributed by atoms with van der Waals surface area (Å²) in [5, 5.41) is 22.9. The number of ether oxygens (including phenoxy) is 2. The Labute approximate surface area is 111 Å². The average Bonchev–Trinajstić information content (AvgIpc) is 2.81. The second kappa shape index (κ2) is 5.45. The first-order chi connectivity index (χ1) is 8.63. The van der Waals surface area contributed by atoms with Gasteiger partial charge < -0.3 is 19.7 Å². The smallest absolute Gasteiger partial charge is 0.231 e. The van der Waals surface area contributed by atoms with Gasteiger partial charge in [0.2, 0.25) is 6.79 Å². The third kappa shape index (κ3) is 2.51. The van der Waals surface area contributed by atoms with E-state index in [-0.39, 0.29) is 13.3 Å². The van der Waals surface area contributed by atoms with Crippen LogP contribution in [0.25, 0.3) is 10.4 Å². The minimum absolute atomic E-state index is 0.128. The number of aliphatic hydroxyl groups excluding tert-OH is 2. The number of rotatable bonds is 4. The topological polar surface area (TPSA) is 108 Å². The maximum atomic E-state index is 9.97. The standard InChI is InChI=1S/C10H10BrN3O4/c11-6-2-9-8(17-4-18-9)1-5(6)10(16)7(15)3-13-14-12/h1-2,7,10,15-16H,3-4H2. The van der Waals surface area contributed by atoms with Crippen LogP contribution in [-0.2, 0) is 0 Å². The maximum Gasteiger partial charge on any atom is 0.231 e. The van der Waals surface area contributed by atoms with Gasteiger partial charge in [-0.3, -0.25) is 0 Å². The van der Waals surface area contributed by atoms with Crippen molar-refractivity contribution in [1.29, 1.82) is 0 Å². The summed E-state index contributed by atoms with van der Waals surface area (Å²) in [5.41, 5.74) is 8.61. The van der Waals surface area contributed by atoms with E-state index < -0.39 is 12.2 Å². The lowest BCUT2D eigenvalue weighted by Gasteiger charge is -2.18. The predicted octanol–water partition coefficient (Wildman–Crippen LogP) is 1.88. The lowest BCUT2D eigenvalue weighted by atomic mass is 10.0. The first kappa shape index (κ1) is 13.0. The molecule has 0 aromatic heterocycles. The van der Waals surface area contributed by atoms with Crippen molar-refractivity contribution in [2.75, 3.05) is 13.3 Å². The molecule has 96 valence electrons. The van der Waals surface area contributed by atoms with Gasteiger partial charge >= 0.3 is 0 Å². The van der Waals surface area contributed by atoms with Crippen LogP contribution >= 0.6 is 15.9 Å². The third-order valence-electron chi connectivity index (χ3n) is 2.51. The first-order valence-electron chi connectivity index (χ1n) is 5.09. The van der Waals surface area contributed by atoms with Gasteiger partial charge in [0.25, 0.3) is 0 Å². The van der Waals surface area contributed by atoms with Crippen molar-refractivity contribution in [3.8, 4) is 11.5 Å². The number of halogens is 1. The Hall–Kier alpha value is -1.47. The van der Waals surface area contributed by atoms with Crippen molar-refractivity contribution < 1.29 is 19.7 Å². The van der Waals surface area contributed by atoms with Gasteiger partial charge in [0.1, 0.15) is 6.10 Å². The number of hydrogen-bond donors (Lipinski definition) is 2. The van der Waals surface area contributed by atoms with E-state index in [1.807, 2.05) is 0 Å². The molecule has 2 unspecified atom stereocenters. The highest BCUT2D eigenvalue weighted by atomic mass is 79.9. The van der Waals surface area contributed by atoms with Crippen molar-refractivity contribution in [3.63, 3.8) is 0 Å². The van der Waals surface area contributed by atoms with Crippen molar-refractivity contribution in [1.82, 2.24) is 0 Å². The van der Waals surface area contributed by atoms with Crippen LogP contribution in [0.2, 0.25) is 0 Å². The van der Waals surface area contributed by atoms with Crippen LogP contribution < -0.4 is 9.47 Å². The molecule has 1 aromatic carbocycles. The average molecular weight is 316 g/mol. The van der Waals surface area contributed by atoms with E-state index in [4.69, 9.17) is 15.0 Å². The fourth-order valence-corrected chi connectivity index (χ4v) is 2.14. The van der Waals surface area contributed by atoms with E-state index in [0.29, 0.717) is 21.5 Å². The largest absolute Gasteiger partial charge is 0.454 e. The fourth-order valence-electron chi connectivity index (χ4n) is 1.59. The van der Waals surface area contributed by atoms with Crippen LogP contribution in [0, 0.1) is 0 Å². The molecular formula is C10H10BrN3O4. The summed E-state index contributed by atoms with van der Waals surface area (Å²) in [7, 11) is 0. The molecule has 1 aromatic rings. The van der Waals surface area contributed by atoms with Crippen LogP contribution in [0.3, 0.4) is 0 Å². The molecule has 1 aliphatic heterocycles. The first-order valence-corrected chi connectivity index (χ1v) is 5.89. The Balaban J connectivity index is 2.24. The highest BCUT2D eigenvalue weighted by molar-refractivity contribution is 9.10. The molecule has 0 spiro atoms. The highest BCUT2D eigenvalue weighted by Crippen LogP contribution is 2.39. The predicted molar refractivity (Wildman–Crippen MR) is 65.2 cm³/mol. The molecular weight excluding hydrogens is 306 g/mol. The molecule has 0 saturated carbocycles. The van der Waals surface area contributed by atoms with Gasteiger partial charge in [-0.25, -0.2) is 0 Å². The summed E-state index contributed by atoms with van der Waals surface area (Å²) in [6, 6.07) is 3.23. The number of hydrogen-bond acceptors (Lipinski definition) is 5. The Morgan fingerprint density at radius 2 is 2.06 bits per heavy atom. The van der Waals surface area contributed by atoms with E-state index in [1.165, 1.54) is 0 Å². The van der Waals surface area contributed by atoms with Crippen molar-refractivity contribution in [3.05, 3.63) is 32.6 Å². The molecule has 7 nitrogen and oxygen atoms in total. The summed E-state index contributed by atoms with van der Waals surface area (Å²) in [6.45, 7) is -0.0822. The number of fused-ring (bicyclic) bond motifs is 1. The zero-order chi connectivity index (χ0) is 13.1. The number of aliphatic hydroxyl groups is 2. The van der Waals surface area contributed by atoms with Gasteiger partial charge in [0.15, 0.2) is 11.5 Å². The fraction of sp³-hybridized carbons (Fsp3) is 0.400. The third-order valence-corrected chi connectivity index (χ3v) is 3.19. The summed E-state index contributed by atoms with van der Waals surface area (Å²) in [4.78, 5) is 2.53. The van der Waals surface area contributed by atoms with E-state index >= 15 is 0 Å². The van der Waals surface area contributed by atoms with E-state index in [2.05, 4.69) is 26.0 Å². The van der Waals surface area contributed by atoms with Crippen LogP contribution in [-0.4, -0.2) is 29.7 Å². The van der Waals surface area contributed by atoms with Gasteiger partial charge in [-0.1, -0.05) is 21.0 Å². The highest BCUT2D eigenvalue weighted by Gasteiger charge is 2.24. The number of nitrogens with zero attached hydrogens (tertiary/aromatic N) is 3. The molecule has 0 radical (unpaired) electrons.